The van der Waals surface area contributed by atoms with Gasteiger partial charge in [-0.1, -0.05) is 18.2 Å². The van der Waals surface area contributed by atoms with E-state index >= 15 is 0 Å². The van der Waals surface area contributed by atoms with Crippen molar-refractivity contribution in [2.45, 2.75) is 17.2 Å². The number of aromatic nitrogens is 2. The highest BCUT2D eigenvalue weighted by Gasteiger charge is 2.30. The quantitative estimate of drug-likeness (QED) is 0.291. The van der Waals surface area contributed by atoms with Gasteiger partial charge in [-0.2, -0.15) is 0 Å². The van der Waals surface area contributed by atoms with E-state index in [1.165, 1.54) is 11.6 Å². The van der Waals surface area contributed by atoms with Gasteiger partial charge in [0.15, 0.2) is 23.3 Å². The topological polar surface area (TPSA) is 79.0 Å². The third-order valence-electron chi connectivity index (χ3n) is 3.64. The SMILES string of the molecule is CC(Sc1c(=O)o[nH][n+]1-c1ccccc1)C(=O)Nc1c(F)c(F)cc(F)c1F. The van der Waals surface area contributed by atoms with Gasteiger partial charge in [0.1, 0.15) is 5.69 Å². The van der Waals surface area contributed by atoms with Crippen LogP contribution in [0.4, 0.5) is 23.2 Å². The normalized spacial score (nSPS) is 12.0. The van der Waals surface area contributed by atoms with Crippen LogP contribution in [0, 0.1) is 23.3 Å². The Morgan fingerprint density at radius 3 is 2.36 bits per heavy atom. The number of hydrogen-bond acceptors (Lipinski definition) is 4. The van der Waals surface area contributed by atoms with Crippen molar-refractivity contribution in [3.8, 4) is 5.69 Å². The highest BCUT2D eigenvalue weighted by molar-refractivity contribution is 8.00. The summed E-state index contributed by atoms with van der Waals surface area (Å²) in [4.78, 5) is 24.2. The first kappa shape index (κ1) is 19.7. The molecule has 0 bridgehead atoms. The van der Waals surface area contributed by atoms with Crippen LogP contribution < -0.4 is 15.6 Å². The Bertz CT molecular complexity index is 1060. The Balaban J connectivity index is 1.84. The number of hydrogen-bond donors (Lipinski definition) is 2. The van der Waals surface area contributed by atoms with Gasteiger partial charge < -0.3 is 5.32 Å². The number of carbonyl (C=O) groups excluding carboxylic acids is 1. The smallest absolute Gasteiger partial charge is 0.320 e. The summed E-state index contributed by atoms with van der Waals surface area (Å²) in [6.07, 6.45) is 0. The Hall–Kier alpha value is -3.08. The van der Waals surface area contributed by atoms with Crippen molar-refractivity contribution < 1.29 is 31.6 Å². The standard InChI is InChI=1S/C17H11F4N3O3S/c1-8(15(25)22-14-12(20)10(18)7-11(19)13(14)21)28-16-17(26)27-23-24(16)9-5-3-2-4-6-9/h2-8H,1H3,(H-,22,23,25,26)/p+1. The highest BCUT2D eigenvalue weighted by atomic mass is 32.2. The molecule has 0 spiro atoms. The Kier molecular flexibility index (Phi) is 5.54. The van der Waals surface area contributed by atoms with Crippen LogP contribution in [0.2, 0.25) is 0 Å². The second-order valence-corrected chi connectivity index (χ2v) is 6.88. The molecular weight excluding hydrogens is 402 g/mol. The zero-order valence-corrected chi connectivity index (χ0v) is 15.0. The van der Waals surface area contributed by atoms with Gasteiger partial charge >= 0.3 is 10.7 Å². The minimum atomic E-state index is -1.73. The summed E-state index contributed by atoms with van der Waals surface area (Å²) >= 11 is 0.727. The molecule has 11 heteroatoms. The Morgan fingerprint density at radius 1 is 1.14 bits per heavy atom. The second-order valence-electron chi connectivity index (χ2n) is 5.55. The third-order valence-corrected chi connectivity index (χ3v) is 4.78. The molecular formula is C17H12F4N3O3S+. The lowest BCUT2D eigenvalue weighted by Gasteiger charge is -2.11. The summed E-state index contributed by atoms with van der Waals surface area (Å²) in [5, 5.41) is 3.10. The minimum Gasteiger partial charge on any atom is -0.320 e. The van der Waals surface area contributed by atoms with Crippen LogP contribution in [0.25, 0.3) is 5.69 Å². The predicted octanol–water partition coefficient (Wildman–Crippen LogP) is 2.92. The number of anilines is 1. The molecule has 146 valence electrons. The van der Waals surface area contributed by atoms with E-state index in [-0.39, 0.29) is 11.1 Å². The van der Waals surface area contributed by atoms with Crippen LogP contribution in [0.5, 0.6) is 0 Å². The van der Waals surface area contributed by atoms with Crippen molar-refractivity contribution in [1.82, 2.24) is 5.27 Å². The molecule has 1 heterocycles. The third kappa shape index (κ3) is 3.79. The van der Waals surface area contributed by atoms with Crippen molar-refractivity contribution in [2.75, 3.05) is 5.32 Å². The minimum absolute atomic E-state index is 0.0137. The van der Waals surface area contributed by atoms with Gasteiger partial charge in [0.2, 0.25) is 11.6 Å². The van der Waals surface area contributed by atoms with Gasteiger partial charge in [0.05, 0.1) is 5.25 Å². The summed E-state index contributed by atoms with van der Waals surface area (Å²) in [6, 6.07) is 8.55. The molecule has 1 atom stereocenters. The van der Waals surface area contributed by atoms with E-state index in [4.69, 9.17) is 4.52 Å². The highest BCUT2D eigenvalue weighted by Crippen LogP contribution is 2.26. The molecule has 0 aliphatic carbocycles. The zero-order chi connectivity index (χ0) is 20.4. The van der Waals surface area contributed by atoms with Crippen molar-refractivity contribution >= 4 is 23.4 Å². The first-order chi connectivity index (χ1) is 13.3. The molecule has 3 rings (SSSR count). The number of nitrogens with zero attached hydrogens (tertiary/aromatic N) is 1. The van der Waals surface area contributed by atoms with Crippen LogP contribution in [0.15, 0.2) is 50.7 Å². The van der Waals surface area contributed by atoms with Crippen LogP contribution in [0.3, 0.4) is 0 Å². The van der Waals surface area contributed by atoms with Crippen LogP contribution in [0.1, 0.15) is 6.92 Å². The van der Waals surface area contributed by atoms with E-state index in [9.17, 15) is 27.2 Å². The molecule has 0 fully saturated rings. The Morgan fingerprint density at radius 2 is 1.75 bits per heavy atom. The van der Waals surface area contributed by atoms with Gasteiger partial charge in [-0.15, -0.1) is 0 Å². The van der Waals surface area contributed by atoms with Gasteiger partial charge in [0.25, 0.3) is 0 Å². The lowest BCUT2D eigenvalue weighted by Crippen LogP contribution is -2.37. The van der Waals surface area contributed by atoms with Crippen molar-refractivity contribution in [2.24, 2.45) is 0 Å². The average molecular weight is 414 g/mol. The van der Waals surface area contributed by atoms with Gasteiger partial charge in [-0.3, -0.25) is 9.32 Å². The van der Waals surface area contributed by atoms with Crippen LogP contribution in [-0.2, 0) is 4.79 Å². The maximum absolute atomic E-state index is 13.7. The maximum Gasteiger partial charge on any atom is 0.442 e. The van der Waals surface area contributed by atoms with E-state index in [1.807, 2.05) is 5.32 Å². The number of aromatic amines is 1. The predicted molar refractivity (Wildman–Crippen MR) is 91.1 cm³/mol. The second kappa shape index (κ2) is 7.89. The first-order valence-electron chi connectivity index (χ1n) is 7.79. The molecule has 1 aromatic heterocycles. The molecule has 28 heavy (non-hydrogen) atoms. The number of nitrogens with one attached hydrogen (secondary N) is 2. The van der Waals surface area contributed by atoms with Crippen molar-refractivity contribution in [3.05, 3.63) is 70.1 Å². The van der Waals surface area contributed by atoms with Crippen LogP contribution in [-0.4, -0.2) is 16.4 Å². The summed E-state index contributed by atoms with van der Waals surface area (Å²) < 4.78 is 60.0. The first-order valence-corrected chi connectivity index (χ1v) is 8.67. The molecule has 0 saturated heterocycles. The molecule has 0 aliphatic heterocycles. The molecule has 2 N–H and O–H groups in total. The maximum atomic E-state index is 13.7. The fraction of sp³-hybridized carbons (Fsp3) is 0.118. The number of amides is 1. The van der Waals surface area contributed by atoms with E-state index in [0.29, 0.717) is 5.69 Å². The number of thioether (sulfide) groups is 1. The fourth-order valence-electron chi connectivity index (χ4n) is 2.24. The number of halogens is 4. The lowest BCUT2D eigenvalue weighted by molar-refractivity contribution is -0.704. The van der Waals surface area contributed by atoms with Crippen LogP contribution >= 0.6 is 11.8 Å². The Labute approximate surface area is 159 Å². The molecule has 6 nitrogen and oxygen atoms in total. The molecule has 2 aromatic carbocycles. The van der Waals surface area contributed by atoms with E-state index in [0.717, 1.165) is 11.8 Å². The molecule has 0 saturated carbocycles. The van der Waals surface area contributed by atoms with E-state index in [1.54, 1.807) is 30.3 Å². The molecule has 0 aliphatic rings. The fourth-order valence-corrected chi connectivity index (χ4v) is 3.13. The average Bonchev–Trinajstić information content (AvgIpc) is 3.04. The largest absolute Gasteiger partial charge is 0.442 e. The summed E-state index contributed by atoms with van der Waals surface area (Å²) in [6.45, 7) is 1.34. The van der Waals surface area contributed by atoms with Gasteiger partial charge in [-0.05, 0) is 28.6 Å². The molecule has 3 aromatic rings. The number of para-hydroxylation sites is 1. The van der Waals surface area contributed by atoms with Gasteiger partial charge in [0, 0.05) is 18.2 Å². The van der Waals surface area contributed by atoms with E-state index in [2.05, 4.69) is 5.27 Å². The zero-order valence-electron chi connectivity index (χ0n) is 14.1. The molecule has 1 amide bonds. The van der Waals surface area contributed by atoms with Crippen molar-refractivity contribution in [1.29, 1.82) is 0 Å². The summed E-state index contributed by atoms with van der Waals surface area (Å²) in [7, 11) is 0. The summed E-state index contributed by atoms with van der Waals surface area (Å²) in [5.41, 5.74) is -1.48. The van der Waals surface area contributed by atoms with Crippen molar-refractivity contribution in [3.63, 3.8) is 0 Å². The van der Waals surface area contributed by atoms with E-state index < -0.39 is 45.7 Å². The number of rotatable bonds is 5. The summed E-state index contributed by atoms with van der Waals surface area (Å²) in [5.74, 6) is -7.74. The molecule has 0 radical (unpaired) electrons. The van der Waals surface area contributed by atoms with Gasteiger partial charge in [-0.25, -0.2) is 22.4 Å². The number of benzene rings is 2. The lowest BCUT2D eigenvalue weighted by atomic mass is 10.2. The number of carbonyl (C=O) groups is 1. The molecule has 1 unspecified atom stereocenters. The number of H-pyrrole nitrogens is 1. The monoisotopic (exact) mass is 414 g/mol.